The minimum absolute atomic E-state index is 0.0761. The zero-order chi connectivity index (χ0) is 17.0. The fraction of sp³-hybridized carbons (Fsp3) is 0.188. The van der Waals surface area contributed by atoms with Crippen molar-refractivity contribution in [3.05, 3.63) is 64.7 Å². The van der Waals surface area contributed by atoms with E-state index in [-0.39, 0.29) is 12.2 Å². The molecule has 1 atom stereocenters. The molecule has 7 heteroatoms. The molecule has 122 valence electrons. The number of hydrogen-bond donors (Lipinski definition) is 0. The van der Waals surface area contributed by atoms with Gasteiger partial charge in [0.1, 0.15) is 5.75 Å². The lowest BCUT2D eigenvalue weighted by atomic mass is 10.1. The second-order valence-electron chi connectivity index (χ2n) is 4.77. The fourth-order valence-corrected chi connectivity index (χ4v) is 2.16. The molecule has 2 rings (SSSR count). The monoisotopic (exact) mass is 362 g/mol. The van der Waals surface area contributed by atoms with Crippen molar-refractivity contribution in [2.75, 3.05) is 0 Å². The van der Waals surface area contributed by atoms with Crippen LogP contribution in [0.1, 0.15) is 11.1 Å². The van der Waals surface area contributed by atoms with E-state index in [1.54, 1.807) is 24.3 Å². The molecular weight excluding hydrogens is 352 g/mol. The van der Waals surface area contributed by atoms with Crippen LogP contribution in [0.4, 0.5) is 13.2 Å². The average molecular weight is 363 g/mol. The number of carbonyl (C=O) groups excluding carboxylic acids is 1. The largest absolute Gasteiger partial charge is 0.481 e. The summed E-state index contributed by atoms with van der Waals surface area (Å²) in [7, 11) is 0. The number of halogens is 5. The Morgan fingerprint density at radius 2 is 1.78 bits per heavy atom. The van der Waals surface area contributed by atoms with Crippen LogP contribution < -0.4 is 4.74 Å². The van der Waals surface area contributed by atoms with Gasteiger partial charge in [-0.2, -0.15) is 13.2 Å². The summed E-state index contributed by atoms with van der Waals surface area (Å²) in [4.78, 5) is 11.5. The summed E-state index contributed by atoms with van der Waals surface area (Å²) < 4.78 is 43.4. The molecule has 0 fully saturated rings. The smallest absolute Gasteiger partial charge is 0.416 e. The maximum absolute atomic E-state index is 12.7. The summed E-state index contributed by atoms with van der Waals surface area (Å²) in [5, 5.41) is -0.265. The van der Waals surface area contributed by atoms with Crippen molar-refractivity contribution in [2.45, 2.75) is 18.7 Å². The number of ether oxygens (including phenoxy) is 1. The second-order valence-corrected chi connectivity index (χ2v) is 5.58. The molecule has 0 bridgehead atoms. The first-order valence-electron chi connectivity index (χ1n) is 6.53. The van der Waals surface area contributed by atoms with E-state index in [0.29, 0.717) is 5.02 Å². The zero-order valence-corrected chi connectivity index (χ0v) is 13.1. The van der Waals surface area contributed by atoms with Gasteiger partial charge in [-0.05, 0) is 47.5 Å². The van der Waals surface area contributed by atoms with Gasteiger partial charge in [0.25, 0.3) is 5.24 Å². The molecule has 0 N–H and O–H groups in total. The van der Waals surface area contributed by atoms with Gasteiger partial charge in [0, 0.05) is 11.4 Å². The first kappa shape index (κ1) is 17.6. The maximum atomic E-state index is 12.7. The Labute approximate surface area is 140 Å². The summed E-state index contributed by atoms with van der Waals surface area (Å²) in [5.74, 6) is -0.0761. The average Bonchev–Trinajstić information content (AvgIpc) is 2.48. The van der Waals surface area contributed by atoms with Crippen molar-refractivity contribution in [1.82, 2.24) is 0 Å². The van der Waals surface area contributed by atoms with E-state index in [1.165, 1.54) is 12.1 Å². The van der Waals surface area contributed by atoms with Crippen LogP contribution in [0.2, 0.25) is 5.02 Å². The zero-order valence-electron chi connectivity index (χ0n) is 11.6. The summed E-state index contributed by atoms with van der Waals surface area (Å²) in [6.45, 7) is 0. The molecule has 0 saturated heterocycles. The predicted octanol–water partition coefficient (Wildman–Crippen LogP) is 5.11. The predicted molar refractivity (Wildman–Crippen MR) is 81.9 cm³/mol. The van der Waals surface area contributed by atoms with E-state index < -0.39 is 23.1 Å². The van der Waals surface area contributed by atoms with Crippen molar-refractivity contribution < 1.29 is 22.7 Å². The molecule has 2 nitrogen and oxygen atoms in total. The third-order valence-corrected chi connectivity index (χ3v) is 3.52. The fourth-order valence-electron chi connectivity index (χ4n) is 1.91. The van der Waals surface area contributed by atoms with Gasteiger partial charge in [-0.3, -0.25) is 4.79 Å². The quantitative estimate of drug-likeness (QED) is 0.690. The van der Waals surface area contributed by atoms with Gasteiger partial charge in [-0.15, -0.1) is 0 Å². The van der Waals surface area contributed by atoms with E-state index in [2.05, 4.69) is 0 Å². The van der Waals surface area contributed by atoms with Crippen molar-refractivity contribution in [3.8, 4) is 5.75 Å². The Morgan fingerprint density at radius 1 is 1.13 bits per heavy atom. The third kappa shape index (κ3) is 5.15. The molecule has 0 heterocycles. The highest BCUT2D eigenvalue weighted by molar-refractivity contribution is 6.64. The Balaban J connectivity index is 2.16. The lowest BCUT2D eigenvalue weighted by molar-refractivity contribution is -0.137. The molecule has 0 amide bonds. The van der Waals surface area contributed by atoms with Gasteiger partial charge in [-0.1, -0.05) is 29.8 Å². The number of alkyl halides is 3. The van der Waals surface area contributed by atoms with E-state index >= 15 is 0 Å². The molecule has 0 spiro atoms. The van der Waals surface area contributed by atoms with Crippen LogP contribution in [0.15, 0.2) is 48.5 Å². The highest BCUT2D eigenvalue weighted by Crippen LogP contribution is 2.31. The molecule has 0 aliphatic carbocycles. The summed E-state index contributed by atoms with van der Waals surface area (Å²) in [6, 6.07) is 10.9. The third-order valence-electron chi connectivity index (χ3n) is 3.03. The first-order chi connectivity index (χ1) is 10.8. The van der Waals surface area contributed by atoms with Gasteiger partial charge < -0.3 is 4.74 Å². The number of rotatable bonds is 5. The van der Waals surface area contributed by atoms with E-state index in [1.807, 2.05) is 0 Å². The molecule has 0 aliphatic rings. The maximum Gasteiger partial charge on any atom is 0.416 e. The Bertz CT molecular complexity index is 684. The van der Waals surface area contributed by atoms with Crippen molar-refractivity contribution >= 4 is 28.4 Å². The van der Waals surface area contributed by atoms with Gasteiger partial charge >= 0.3 is 6.18 Å². The van der Waals surface area contributed by atoms with Crippen LogP contribution >= 0.6 is 23.2 Å². The lowest BCUT2D eigenvalue weighted by Gasteiger charge is -2.17. The van der Waals surface area contributed by atoms with Crippen LogP contribution in [-0.2, 0) is 17.4 Å². The highest BCUT2D eigenvalue weighted by atomic mass is 35.5. The van der Waals surface area contributed by atoms with Crippen molar-refractivity contribution in [3.63, 3.8) is 0 Å². The molecule has 2 aromatic carbocycles. The van der Waals surface area contributed by atoms with Crippen LogP contribution in [0.5, 0.6) is 5.75 Å². The van der Waals surface area contributed by atoms with Gasteiger partial charge in [0.15, 0.2) is 6.10 Å². The summed E-state index contributed by atoms with van der Waals surface area (Å²) in [6.07, 6.45) is -5.47. The molecule has 0 radical (unpaired) electrons. The van der Waals surface area contributed by atoms with Crippen LogP contribution in [-0.4, -0.2) is 11.3 Å². The van der Waals surface area contributed by atoms with Gasteiger partial charge in [0.05, 0.1) is 5.56 Å². The highest BCUT2D eigenvalue weighted by Gasteiger charge is 2.31. The van der Waals surface area contributed by atoms with E-state index in [0.717, 1.165) is 17.7 Å². The minimum atomic E-state index is -4.49. The standard InChI is InChI=1S/C16H11Cl2F3O2/c17-12-6-4-10(5-7-12)8-14(15(18)22)23-13-3-1-2-11(9-13)16(19,20)21/h1-7,9,14H,8H2/t14-/m1/s1. The van der Waals surface area contributed by atoms with Crippen LogP contribution in [0, 0.1) is 0 Å². The molecule has 0 unspecified atom stereocenters. The molecule has 2 aromatic rings. The van der Waals surface area contributed by atoms with Crippen molar-refractivity contribution in [2.24, 2.45) is 0 Å². The second kappa shape index (κ2) is 7.23. The van der Waals surface area contributed by atoms with Crippen LogP contribution in [0.25, 0.3) is 0 Å². The Hall–Kier alpha value is -1.72. The van der Waals surface area contributed by atoms with Crippen LogP contribution in [0.3, 0.4) is 0 Å². The molecule has 0 saturated carbocycles. The number of benzene rings is 2. The first-order valence-corrected chi connectivity index (χ1v) is 7.29. The molecular formula is C16H11Cl2F3O2. The van der Waals surface area contributed by atoms with Gasteiger partial charge in [-0.25, -0.2) is 0 Å². The Kier molecular flexibility index (Phi) is 5.55. The van der Waals surface area contributed by atoms with Gasteiger partial charge in [0.2, 0.25) is 0 Å². The summed E-state index contributed by atoms with van der Waals surface area (Å²) >= 11 is 11.3. The topological polar surface area (TPSA) is 26.3 Å². The lowest BCUT2D eigenvalue weighted by Crippen LogP contribution is -2.26. The number of hydrogen-bond acceptors (Lipinski definition) is 2. The van der Waals surface area contributed by atoms with E-state index in [4.69, 9.17) is 27.9 Å². The minimum Gasteiger partial charge on any atom is -0.481 e. The van der Waals surface area contributed by atoms with E-state index in [9.17, 15) is 18.0 Å². The summed E-state index contributed by atoms with van der Waals surface area (Å²) in [5.41, 5.74) is -0.136. The molecule has 0 aliphatic heterocycles. The molecule has 0 aromatic heterocycles. The Morgan fingerprint density at radius 3 is 2.35 bits per heavy atom. The normalized spacial score (nSPS) is 12.7. The SMILES string of the molecule is O=C(Cl)[C@@H](Cc1ccc(Cl)cc1)Oc1cccc(C(F)(F)F)c1. The molecule has 23 heavy (non-hydrogen) atoms. The van der Waals surface area contributed by atoms with Crippen molar-refractivity contribution in [1.29, 1.82) is 0 Å². The number of carbonyl (C=O) groups is 1.